The Kier molecular flexibility index (Phi) is 5.85. The third-order valence-corrected chi connectivity index (χ3v) is 5.98. The molecular formula is C21H24N4O2S. The summed E-state index contributed by atoms with van der Waals surface area (Å²) in [5, 5.41) is 6.93. The van der Waals surface area contributed by atoms with E-state index in [0.717, 1.165) is 37.2 Å². The number of aromatic nitrogens is 1. The number of benzene rings is 1. The third-order valence-electron chi connectivity index (χ3n) is 4.88. The third kappa shape index (κ3) is 4.49. The molecule has 2 aromatic heterocycles. The molecule has 146 valence electrons. The van der Waals surface area contributed by atoms with Crippen molar-refractivity contribution in [2.45, 2.75) is 13.0 Å². The molecule has 0 spiro atoms. The number of amides is 2. The van der Waals surface area contributed by atoms with E-state index in [1.807, 2.05) is 30.3 Å². The number of anilines is 1. The molecular weight excluding hydrogens is 372 g/mol. The summed E-state index contributed by atoms with van der Waals surface area (Å²) < 4.78 is 5.49. The number of rotatable bonds is 5. The zero-order valence-corrected chi connectivity index (χ0v) is 16.7. The summed E-state index contributed by atoms with van der Waals surface area (Å²) in [5.41, 5.74) is 1.60. The molecule has 7 heteroatoms. The van der Waals surface area contributed by atoms with Gasteiger partial charge in [0.2, 0.25) is 0 Å². The van der Waals surface area contributed by atoms with Gasteiger partial charge in [0.05, 0.1) is 36.7 Å². The van der Waals surface area contributed by atoms with Gasteiger partial charge in [-0.15, -0.1) is 11.3 Å². The average Bonchev–Trinajstić information content (AvgIpc) is 3.15. The fourth-order valence-electron chi connectivity index (χ4n) is 3.44. The first kappa shape index (κ1) is 18.9. The SMILES string of the molecule is Cc1ccc(C(CNC(=O)Nc2cnc3ccccc3c2)N2CCOCC2)s1. The molecule has 1 aromatic carbocycles. The molecule has 1 aliphatic rings. The molecule has 3 heterocycles. The number of urea groups is 1. The Balaban J connectivity index is 1.41. The minimum Gasteiger partial charge on any atom is -0.379 e. The van der Waals surface area contributed by atoms with Gasteiger partial charge in [0.15, 0.2) is 0 Å². The van der Waals surface area contributed by atoms with Crippen molar-refractivity contribution >= 4 is 34.0 Å². The van der Waals surface area contributed by atoms with Crippen LogP contribution in [0.25, 0.3) is 10.9 Å². The first-order valence-corrected chi connectivity index (χ1v) is 10.3. The van der Waals surface area contributed by atoms with Gasteiger partial charge in [-0.2, -0.15) is 0 Å². The van der Waals surface area contributed by atoms with Crippen LogP contribution in [0.4, 0.5) is 10.5 Å². The van der Waals surface area contributed by atoms with Crippen LogP contribution in [-0.2, 0) is 4.74 Å². The van der Waals surface area contributed by atoms with Crippen LogP contribution in [0.2, 0.25) is 0 Å². The number of aryl methyl sites for hydroxylation is 1. The maximum Gasteiger partial charge on any atom is 0.319 e. The van der Waals surface area contributed by atoms with Gasteiger partial charge in [0.1, 0.15) is 0 Å². The van der Waals surface area contributed by atoms with Crippen LogP contribution in [0.3, 0.4) is 0 Å². The molecule has 1 fully saturated rings. The fourth-order valence-corrected chi connectivity index (χ4v) is 4.45. The number of morpholine rings is 1. The Bertz CT molecular complexity index is 952. The predicted molar refractivity (Wildman–Crippen MR) is 113 cm³/mol. The topological polar surface area (TPSA) is 66.5 Å². The number of carbonyl (C=O) groups is 1. The van der Waals surface area contributed by atoms with Gasteiger partial charge in [-0.05, 0) is 31.2 Å². The number of nitrogens with zero attached hydrogens (tertiary/aromatic N) is 2. The minimum atomic E-state index is -0.219. The number of nitrogens with one attached hydrogen (secondary N) is 2. The number of hydrogen-bond donors (Lipinski definition) is 2. The minimum absolute atomic E-state index is 0.156. The Morgan fingerprint density at radius 3 is 2.86 bits per heavy atom. The average molecular weight is 397 g/mol. The number of pyridine rings is 1. The molecule has 0 radical (unpaired) electrons. The summed E-state index contributed by atoms with van der Waals surface area (Å²) in [6, 6.07) is 14.0. The standard InChI is InChI=1S/C21H24N4O2S/c1-15-6-7-20(28-15)19(25-8-10-27-11-9-25)14-23-21(26)24-17-12-16-4-2-3-5-18(16)22-13-17/h2-7,12-13,19H,8-11,14H2,1H3,(H2,23,24,26). The summed E-state index contributed by atoms with van der Waals surface area (Å²) in [7, 11) is 0. The fraction of sp³-hybridized carbons (Fsp3) is 0.333. The lowest BCUT2D eigenvalue weighted by Gasteiger charge is -2.34. The van der Waals surface area contributed by atoms with E-state index in [1.54, 1.807) is 17.5 Å². The highest BCUT2D eigenvalue weighted by Crippen LogP contribution is 2.28. The zero-order valence-electron chi connectivity index (χ0n) is 15.9. The summed E-state index contributed by atoms with van der Waals surface area (Å²) in [5.74, 6) is 0. The van der Waals surface area contributed by atoms with E-state index in [1.165, 1.54) is 9.75 Å². The van der Waals surface area contributed by atoms with Crippen molar-refractivity contribution in [2.75, 3.05) is 38.2 Å². The van der Waals surface area contributed by atoms with Crippen LogP contribution in [0.5, 0.6) is 0 Å². The van der Waals surface area contributed by atoms with Gasteiger partial charge in [0.25, 0.3) is 0 Å². The summed E-state index contributed by atoms with van der Waals surface area (Å²) in [4.78, 5) is 21.8. The second-order valence-electron chi connectivity index (χ2n) is 6.86. The lowest BCUT2D eigenvalue weighted by Crippen LogP contribution is -2.44. The lowest BCUT2D eigenvalue weighted by atomic mass is 10.2. The normalized spacial score (nSPS) is 16.0. The molecule has 6 nitrogen and oxygen atoms in total. The number of fused-ring (bicyclic) bond motifs is 1. The highest BCUT2D eigenvalue weighted by molar-refractivity contribution is 7.12. The number of ether oxygens (including phenoxy) is 1. The first-order chi connectivity index (χ1) is 13.7. The van der Waals surface area contributed by atoms with Crippen molar-refractivity contribution in [1.82, 2.24) is 15.2 Å². The van der Waals surface area contributed by atoms with E-state index in [-0.39, 0.29) is 12.1 Å². The van der Waals surface area contributed by atoms with Crippen LogP contribution >= 0.6 is 11.3 Å². The molecule has 2 N–H and O–H groups in total. The monoisotopic (exact) mass is 396 g/mol. The van der Waals surface area contributed by atoms with Crippen molar-refractivity contribution in [2.24, 2.45) is 0 Å². The van der Waals surface area contributed by atoms with Crippen molar-refractivity contribution in [3.8, 4) is 0 Å². The Labute approximate surface area is 168 Å². The maximum absolute atomic E-state index is 12.5. The molecule has 2 amide bonds. The van der Waals surface area contributed by atoms with E-state index in [0.29, 0.717) is 12.2 Å². The molecule has 1 saturated heterocycles. The van der Waals surface area contributed by atoms with Crippen LogP contribution in [-0.4, -0.2) is 48.8 Å². The van der Waals surface area contributed by atoms with E-state index in [4.69, 9.17) is 4.74 Å². The van der Waals surface area contributed by atoms with Crippen LogP contribution in [0.15, 0.2) is 48.7 Å². The maximum atomic E-state index is 12.5. The van der Waals surface area contributed by atoms with Crippen molar-refractivity contribution in [1.29, 1.82) is 0 Å². The van der Waals surface area contributed by atoms with Crippen molar-refractivity contribution in [3.63, 3.8) is 0 Å². The number of hydrogen-bond acceptors (Lipinski definition) is 5. The van der Waals surface area contributed by atoms with E-state index in [2.05, 4.69) is 39.6 Å². The molecule has 4 rings (SSSR count). The highest BCUT2D eigenvalue weighted by Gasteiger charge is 2.24. The molecule has 28 heavy (non-hydrogen) atoms. The largest absolute Gasteiger partial charge is 0.379 e. The van der Waals surface area contributed by atoms with Crippen LogP contribution in [0, 0.1) is 6.92 Å². The number of para-hydroxylation sites is 1. The van der Waals surface area contributed by atoms with Crippen molar-refractivity contribution in [3.05, 3.63) is 58.4 Å². The molecule has 1 unspecified atom stereocenters. The number of carbonyl (C=O) groups excluding carboxylic acids is 1. The number of thiophene rings is 1. The van der Waals surface area contributed by atoms with E-state index in [9.17, 15) is 4.79 Å². The molecule has 1 atom stereocenters. The van der Waals surface area contributed by atoms with Crippen LogP contribution in [0.1, 0.15) is 15.8 Å². The second-order valence-corrected chi connectivity index (χ2v) is 8.18. The summed E-state index contributed by atoms with van der Waals surface area (Å²) in [6.45, 7) is 5.87. The Morgan fingerprint density at radius 2 is 2.07 bits per heavy atom. The van der Waals surface area contributed by atoms with E-state index >= 15 is 0 Å². The second kappa shape index (κ2) is 8.68. The Morgan fingerprint density at radius 1 is 1.25 bits per heavy atom. The van der Waals surface area contributed by atoms with Gasteiger partial charge in [-0.25, -0.2) is 4.79 Å². The van der Waals surface area contributed by atoms with Crippen molar-refractivity contribution < 1.29 is 9.53 Å². The first-order valence-electron chi connectivity index (χ1n) is 9.47. The summed E-state index contributed by atoms with van der Waals surface area (Å²) >= 11 is 1.78. The van der Waals surface area contributed by atoms with Gasteiger partial charge in [-0.3, -0.25) is 9.88 Å². The van der Waals surface area contributed by atoms with Gasteiger partial charge in [0, 0.05) is 34.8 Å². The van der Waals surface area contributed by atoms with Crippen LogP contribution < -0.4 is 10.6 Å². The lowest BCUT2D eigenvalue weighted by molar-refractivity contribution is 0.0175. The van der Waals surface area contributed by atoms with Gasteiger partial charge >= 0.3 is 6.03 Å². The Hall–Kier alpha value is -2.48. The van der Waals surface area contributed by atoms with Gasteiger partial charge < -0.3 is 15.4 Å². The molecule has 3 aromatic rings. The molecule has 0 aliphatic carbocycles. The molecule has 0 bridgehead atoms. The quantitative estimate of drug-likeness (QED) is 0.688. The zero-order chi connectivity index (χ0) is 19.3. The van der Waals surface area contributed by atoms with E-state index < -0.39 is 0 Å². The van der Waals surface area contributed by atoms with Gasteiger partial charge in [-0.1, -0.05) is 18.2 Å². The predicted octanol–water partition coefficient (Wildman–Crippen LogP) is 3.80. The highest BCUT2D eigenvalue weighted by atomic mass is 32.1. The summed E-state index contributed by atoms with van der Waals surface area (Å²) in [6.07, 6.45) is 1.68. The molecule has 0 saturated carbocycles. The smallest absolute Gasteiger partial charge is 0.319 e. The molecule has 1 aliphatic heterocycles.